The zero-order valence-corrected chi connectivity index (χ0v) is 12.3. The van der Waals surface area contributed by atoms with Crippen LogP contribution in [-0.2, 0) is 11.3 Å². The Balaban J connectivity index is 2.98. The second kappa shape index (κ2) is 7.98. The number of anilines is 2. The summed E-state index contributed by atoms with van der Waals surface area (Å²) in [4.78, 5) is 8.62. The Kier molecular flexibility index (Phi) is 6.63. The second-order valence-corrected chi connectivity index (χ2v) is 4.52. The first kappa shape index (κ1) is 16.6. The van der Waals surface area contributed by atoms with E-state index in [1.165, 1.54) is 0 Å². The van der Waals surface area contributed by atoms with Crippen molar-refractivity contribution in [3.8, 4) is 0 Å². The average molecular weight is 284 g/mol. The summed E-state index contributed by atoms with van der Waals surface area (Å²) in [6.45, 7) is 4.33. The zero-order chi connectivity index (χ0) is 15.0. The van der Waals surface area contributed by atoms with Crippen molar-refractivity contribution in [3.63, 3.8) is 0 Å². The Bertz CT molecular complexity index is 402. The molecule has 4 N–H and O–H groups in total. The average Bonchev–Trinajstić information content (AvgIpc) is 2.50. The molecule has 1 aromatic rings. The van der Waals surface area contributed by atoms with E-state index < -0.39 is 5.54 Å². The Morgan fingerprint density at radius 1 is 1.20 bits per heavy atom. The van der Waals surface area contributed by atoms with Crippen LogP contribution >= 0.6 is 0 Å². The van der Waals surface area contributed by atoms with Gasteiger partial charge in [-0.15, -0.1) is 0 Å². The van der Waals surface area contributed by atoms with Gasteiger partial charge in [0.1, 0.15) is 18.2 Å². The van der Waals surface area contributed by atoms with Crippen molar-refractivity contribution in [2.45, 2.75) is 32.4 Å². The monoisotopic (exact) mass is 284 g/mol. The lowest BCUT2D eigenvalue weighted by atomic mass is 9.98. The molecule has 0 bridgehead atoms. The molecule has 1 aromatic heterocycles. The van der Waals surface area contributed by atoms with Gasteiger partial charge < -0.3 is 25.6 Å². The van der Waals surface area contributed by atoms with Gasteiger partial charge in [0.15, 0.2) is 5.82 Å². The van der Waals surface area contributed by atoms with Crippen LogP contribution in [0.1, 0.15) is 26.1 Å². The minimum Gasteiger partial charge on any atom is -0.394 e. The molecule has 0 aliphatic heterocycles. The number of hydrogen-bond donors (Lipinski definition) is 4. The summed E-state index contributed by atoms with van der Waals surface area (Å²) in [6.07, 6.45) is 0.569. The van der Waals surface area contributed by atoms with Gasteiger partial charge in [0, 0.05) is 19.7 Å². The highest BCUT2D eigenvalue weighted by molar-refractivity contribution is 5.48. The lowest BCUT2D eigenvalue weighted by Crippen LogP contribution is -2.45. The molecule has 1 heterocycles. The highest BCUT2D eigenvalue weighted by Crippen LogP contribution is 2.19. The van der Waals surface area contributed by atoms with E-state index in [9.17, 15) is 10.2 Å². The van der Waals surface area contributed by atoms with Crippen LogP contribution < -0.4 is 10.6 Å². The summed E-state index contributed by atoms with van der Waals surface area (Å²) in [6, 6.07) is 1.73. The molecular weight excluding hydrogens is 260 g/mol. The van der Waals surface area contributed by atoms with Gasteiger partial charge in [-0.3, -0.25) is 0 Å². The lowest BCUT2D eigenvalue weighted by molar-refractivity contribution is 0.127. The van der Waals surface area contributed by atoms with Gasteiger partial charge in [-0.05, 0) is 13.3 Å². The van der Waals surface area contributed by atoms with E-state index in [2.05, 4.69) is 20.6 Å². The number of aliphatic hydroxyl groups is 2. The minimum absolute atomic E-state index is 0.181. The first-order chi connectivity index (χ1) is 9.62. The van der Waals surface area contributed by atoms with E-state index in [4.69, 9.17) is 4.74 Å². The molecule has 0 saturated carbocycles. The number of aliphatic hydroxyl groups excluding tert-OH is 2. The highest BCUT2D eigenvalue weighted by Gasteiger charge is 2.27. The fraction of sp³-hybridized carbons (Fsp3) is 0.692. The van der Waals surface area contributed by atoms with E-state index in [-0.39, 0.29) is 13.2 Å². The fourth-order valence-electron chi connectivity index (χ4n) is 1.66. The Hall–Kier alpha value is -1.44. The Morgan fingerprint density at radius 2 is 1.85 bits per heavy atom. The van der Waals surface area contributed by atoms with Crippen LogP contribution in [0.3, 0.4) is 0 Å². The molecule has 20 heavy (non-hydrogen) atoms. The molecule has 0 fully saturated rings. The minimum atomic E-state index is -0.789. The van der Waals surface area contributed by atoms with Gasteiger partial charge in [-0.1, -0.05) is 6.92 Å². The molecule has 0 unspecified atom stereocenters. The van der Waals surface area contributed by atoms with Crippen LogP contribution in [0.15, 0.2) is 6.07 Å². The van der Waals surface area contributed by atoms with Gasteiger partial charge in [0.05, 0.1) is 18.8 Å². The van der Waals surface area contributed by atoms with Crippen molar-refractivity contribution in [1.82, 2.24) is 9.97 Å². The van der Waals surface area contributed by atoms with Gasteiger partial charge in [-0.25, -0.2) is 9.97 Å². The normalized spacial score (nSPS) is 11.4. The van der Waals surface area contributed by atoms with Crippen molar-refractivity contribution < 1.29 is 14.9 Å². The standard InChI is InChI=1S/C13H24N4O3/c1-4-13(8-18,9-19)17-11-6-10(14-3)15-12(16-11)7-20-5-2/h6,18-19H,4-5,7-9H2,1-3H3,(H2,14,15,16,17). The number of hydrogen-bond acceptors (Lipinski definition) is 7. The zero-order valence-electron chi connectivity index (χ0n) is 12.3. The van der Waals surface area contributed by atoms with Crippen molar-refractivity contribution >= 4 is 11.6 Å². The van der Waals surface area contributed by atoms with Crippen molar-refractivity contribution in [1.29, 1.82) is 0 Å². The molecule has 0 saturated heterocycles. The van der Waals surface area contributed by atoms with Gasteiger partial charge >= 0.3 is 0 Å². The molecule has 7 nitrogen and oxygen atoms in total. The topological polar surface area (TPSA) is 99.5 Å². The Morgan fingerprint density at radius 3 is 2.35 bits per heavy atom. The second-order valence-electron chi connectivity index (χ2n) is 4.52. The number of rotatable bonds is 9. The molecule has 7 heteroatoms. The van der Waals surface area contributed by atoms with Crippen LogP contribution in [0.4, 0.5) is 11.6 Å². The van der Waals surface area contributed by atoms with E-state index in [1.54, 1.807) is 13.1 Å². The van der Waals surface area contributed by atoms with E-state index in [0.29, 0.717) is 37.1 Å². The summed E-state index contributed by atoms with van der Waals surface area (Å²) in [5.74, 6) is 1.74. The maximum atomic E-state index is 9.47. The highest BCUT2D eigenvalue weighted by atomic mass is 16.5. The van der Waals surface area contributed by atoms with Crippen LogP contribution in [0.2, 0.25) is 0 Å². The van der Waals surface area contributed by atoms with Crippen molar-refractivity contribution in [2.75, 3.05) is 37.5 Å². The molecule has 114 valence electrons. The van der Waals surface area contributed by atoms with E-state index in [1.807, 2.05) is 13.8 Å². The predicted molar refractivity (Wildman–Crippen MR) is 77.7 cm³/mol. The number of ether oxygens (including phenoxy) is 1. The van der Waals surface area contributed by atoms with Crippen LogP contribution in [0.25, 0.3) is 0 Å². The van der Waals surface area contributed by atoms with Crippen LogP contribution in [0, 0.1) is 0 Å². The van der Waals surface area contributed by atoms with E-state index >= 15 is 0 Å². The third-order valence-corrected chi connectivity index (χ3v) is 3.14. The Labute approximate surface area is 119 Å². The van der Waals surface area contributed by atoms with Crippen LogP contribution in [0.5, 0.6) is 0 Å². The van der Waals surface area contributed by atoms with Gasteiger partial charge in [0.25, 0.3) is 0 Å². The molecule has 0 aliphatic carbocycles. The lowest BCUT2D eigenvalue weighted by Gasteiger charge is -2.30. The number of nitrogens with one attached hydrogen (secondary N) is 2. The maximum Gasteiger partial charge on any atom is 0.158 e. The van der Waals surface area contributed by atoms with Crippen molar-refractivity contribution in [2.24, 2.45) is 0 Å². The third kappa shape index (κ3) is 4.29. The molecule has 0 aromatic carbocycles. The molecule has 0 amide bonds. The van der Waals surface area contributed by atoms with Gasteiger partial charge in [0.2, 0.25) is 0 Å². The van der Waals surface area contributed by atoms with E-state index in [0.717, 1.165) is 0 Å². The summed E-state index contributed by atoms with van der Waals surface area (Å²) in [5, 5.41) is 25.0. The largest absolute Gasteiger partial charge is 0.394 e. The predicted octanol–water partition coefficient (Wildman–Crippen LogP) is 0.600. The number of nitrogens with zero attached hydrogens (tertiary/aromatic N) is 2. The maximum absolute atomic E-state index is 9.47. The molecule has 0 spiro atoms. The number of aromatic nitrogens is 2. The summed E-state index contributed by atoms with van der Waals surface area (Å²) in [7, 11) is 1.77. The SMILES string of the molecule is CCOCc1nc(NC)cc(NC(CC)(CO)CO)n1. The molecule has 0 atom stereocenters. The molecule has 0 radical (unpaired) electrons. The van der Waals surface area contributed by atoms with Crippen molar-refractivity contribution in [3.05, 3.63) is 11.9 Å². The fourth-order valence-corrected chi connectivity index (χ4v) is 1.66. The van der Waals surface area contributed by atoms with Crippen LogP contribution in [-0.4, -0.2) is 52.6 Å². The first-order valence-corrected chi connectivity index (χ1v) is 6.76. The smallest absolute Gasteiger partial charge is 0.158 e. The van der Waals surface area contributed by atoms with Gasteiger partial charge in [-0.2, -0.15) is 0 Å². The molecule has 0 aliphatic rings. The summed E-state index contributed by atoms with van der Waals surface area (Å²) < 4.78 is 5.30. The summed E-state index contributed by atoms with van der Waals surface area (Å²) in [5.41, 5.74) is -0.789. The first-order valence-electron chi connectivity index (χ1n) is 6.76. The molecular formula is C13H24N4O3. The summed E-state index contributed by atoms with van der Waals surface area (Å²) >= 11 is 0. The molecule has 1 rings (SSSR count). The third-order valence-electron chi connectivity index (χ3n) is 3.14. The quantitative estimate of drug-likeness (QED) is 0.527.